The van der Waals surface area contributed by atoms with E-state index in [1.54, 1.807) is 0 Å². The third-order valence-corrected chi connectivity index (χ3v) is 6.58. The van der Waals surface area contributed by atoms with Gasteiger partial charge in [-0.15, -0.1) is 11.3 Å². The van der Waals surface area contributed by atoms with E-state index in [0.29, 0.717) is 17.5 Å². The van der Waals surface area contributed by atoms with E-state index in [2.05, 4.69) is 37.9 Å². The molecule has 1 saturated heterocycles. The average Bonchev–Trinajstić information content (AvgIpc) is 3.01. The molecular weight excluding hydrogens is 278 g/mol. The van der Waals surface area contributed by atoms with E-state index in [0.717, 1.165) is 6.54 Å². The van der Waals surface area contributed by atoms with E-state index in [1.807, 2.05) is 11.3 Å². The van der Waals surface area contributed by atoms with Crippen molar-refractivity contribution in [3.8, 4) is 0 Å². The molecule has 1 N–H and O–H groups in total. The van der Waals surface area contributed by atoms with Gasteiger partial charge in [0.1, 0.15) is 5.01 Å². The van der Waals surface area contributed by atoms with Crippen molar-refractivity contribution in [3.05, 3.63) is 15.6 Å². The summed E-state index contributed by atoms with van der Waals surface area (Å²) in [6.07, 6.45) is 5.49. The van der Waals surface area contributed by atoms with Crippen LogP contribution in [0.3, 0.4) is 0 Å². The normalized spacial score (nSPS) is 26.0. The Bertz CT molecular complexity index is 469. The minimum atomic E-state index is 0.402. The van der Waals surface area contributed by atoms with Crippen LogP contribution in [-0.4, -0.2) is 34.6 Å². The number of nitrogens with zero attached hydrogens (tertiary/aromatic N) is 2. The molecule has 118 valence electrons. The molecule has 1 aromatic rings. The molecule has 3 nitrogen and oxygen atoms in total. The smallest absolute Gasteiger partial charge is 0.107 e. The summed E-state index contributed by atoms with van der Waals surface area (Å²) in [5.74, 6) is 0.700. The molecule has 3 rings (SSSR count). The Kier molecular flexibility index (Phi) is 4.40. The predicted molar refractivity (Wildman–Crippen MR) is 89.8 cm³/mol. The van der Waals surface area contributed by atoms with Crippen LogP contribution in [0.15, 0.2) is 0 Å². The fraction of sp³-hybridized carbons (Fsp3) is 0.824. The maximum atomic E-state index is 4.79. The highest BCUT2D eigenvalue weighted by molar-refractivity contribution is 7.11. The molecule has 1 aliphatic heterocycles. The quantitative estimate of drug-likeness (QED) is 0.926. The Labute approximate surface area is 133 Å². The molecular formula is C17H29N3S. The average molecular weight is 308 g/mol. The Morgan fingerprint density at radius 3 is 2.62 bits per heavy atom. The molecule has 2 aliphatic rings. The van der Waals surface area contributed by atoms with E-state index in [-0.39, 0.29) is 0 Å². The number of hydrogen-bond acceptors (Lipinski definition) is 4. The lowest BCUT2D eigenvalue weighted by atomic mass is 9.88. The Morgan fingerprint density at radius 1 is 1.33 bits per heavy atom. The van der Waals surface area contributed by atoms with Crippen molar-refractivity contribution >= 4 is 11.3 Å². The Hall–Kier alpha value is -0.450. The van der Waals surface area contributed by atoms with E-state index < -0.39 is 0 Å². The van der Waals surface area contributed by atoms with Crippen molar-refractivity contribution in [1.29, 1.82) is 0 Å². The van der Waals surface area contributed by atoms with Gasteiger partial charge in [-0.1, -0.05) is 26.7 Å². The van der Waals surface area contributed by atoms with Gasteiger partial charge in [0.05, 0.1) is 12.2 Å². The largest absolute Gasteiger partial charge is 0.311 e. The van der Waals surface area contributed by atoms with Crippen LogP contribution in [0.1, 0.15) is 55.1 Å². The summed E-state index contributed by atoms with van der Waals surface area (Å²) in [4.78, 5) is 8.92. The summed E-state index contributed by atoms with van der Waals surface area (Å²) < 4.78 is 0. The monoisotopic (exact) mass is 307 g/mol. The Morgan fingerprint density at radius 2 is 2.05 bits per heavy atom. The number of piperazine rings is 1. The van der Waals surface area contributed by atoms with Crippen LogP contribution in [0.25, 0.3) is 0 Å². The van der Waals surface area contributed by atoms with Crippen molar-refractivity contribution in [2.24, 2.45) is 5.92 Å². The van der Waals surface area contributed by atoms with Crippen LogP contribution in [0.5, 0.6) is 0 Å². The van der Waals surface area contributed by atoms with Crippen LogP contribution < -0.4 is 5.32 Å². The van der Waals surface area contributed by atoms with Crippen LogP contribution in [-0.2, 0) is 6.54 Å². The molecule has 1 atom stereocenters. The molecule has 0 radical (unpaired) electrons. The lowest BCUT2D eigenvalue weighted by Gasteiger charge is -2.49. The number of aromatic nitrogens is 1. The second kappa shape index (κ2) is 5.98. The van der Waals surface area contributed by atoms with Crippen molar-refractivity contribution < 1.29 is 0 Å². The predicted octanol–water partition coefficient (Wildman–Crippen LogP) is 3.50. The summed E-state index contributed by atoms with van der Waals surface area (Å²) in [7, 11) is 0. The number of thiazole rings is 1. The summed E-state index contributed by atoms with van der Waals surface area (Å²) in [5.41, 5.74) is 1.62. The summed E-state index contributed by atoms with van der Waals surface area (Å²) in [5, 5.41) is 5.13. The number of aryl methyl sites for hydroxylation is 2. The molecule has 1 aliphatic carbocycles. The minimum Gasteiger partial charge on any atom is -0.311 e. The first-order valence-corrected chi connectivity index (χ1v) is 9.23. The van der Waals surface area contributed by atoms with Crippen molar-refractivity contribution in [1.82, 2.24) is 15.2 Å². The zero-order valence-corrected chi connectivity index (χ0v) is 14.7. The first-order valence-electron chi connectivity index (χ1n) is 8.41. The van der Waals surface area contributed by atoms with Crippen LogP contribution in [0, 0.1) is 19.8 Å². The van der Waals surface area contributed by atoms with Gasteiger partial charge < -0.3 is 5.32 Å². The molecule has 2 fully saturated rings. The van der Waals surface area contributed by atoms with Crippen LogP contribution >= 0.6 is 11.3 Å². The number of hydrogen-bond donors (Lipinski definition) is 1. The topological polar surface area (TPSA) is 28.2 Å². The minimum absolute atomic E-state index is 0.402. The van der Waals surface area contributed by atoms with E-state index >= 15 is 0 Å². The molecule has 2 heterocycles. The van der Waals surface area contributed by atoms with E-state index in [1.165, 1.54) is 54.4 Å². The maximum absolute atomic E-state index is 4.79. The Balaban J connectivity index is 1.79. The maximum Gasteiger partial charge on any atom is 0.107 e. The highest BCUT2D eigenvalue weighted by Crippen LogP contribution is 2.38. The zero-order valence-electron chi connectivity index (χ0n) is 13.9. The first kappa shape index (κ1) is 15.4. The van der Waals surface area contributed by atoms with Gasteiger partial charge in [0, 0.05) is 29.5 Å². The third kappa shape index (κ3) is 3.03. The van der Waals surface area contributed by atoms with Crippen molar-refractivity contribution in [2.75, 3.05) is 13.1 Å². The SMILES string of the molecule is Cc1nc(CN2CC(C(C)C)NCC23CCCC3)sc1C. The van der Waals surface area contributed by atoms with E-state index in [4.69, 9.17) is 4.98 Å². The first-order chi connectivity index (χ1) is 10.00. The van der Waals surface area contributed by atoms with Crippen LogP contribution in [0.4, 0.5) is 0 Å². The van der Waals surface area contributed by atoms with Crippen LogP contribution in [0.2, 0.25) is 0 Å². The summed E-state index contributed by atoms with van der Waals surface area (Å²) >= 11 is 1.89. The molecule has 1 aromatic heterocycles. The number of rotatable bonds is 3. The van der Waals surface area contributed by atoms with Gasteiger partial charge in [0.2, 0.25) is 0 Å². The van der Waals surface area contributed by atoms with E-state index in [9.17, 15) is 0 Å². The molecule has 1 saturated carbocycles. The van der Waals surface area contributed by atoms with Gasteiger partial charge >= 0.3 is 0 Å². The highest BCUT2D eigenvalue weighted by atomic mass is 32.1. The van der Waals surface area contributed by atoms with Gasteiger partial charge in [0.15, 0.2) is 0 Å². The molecule has 0 aromatic carbocycles. The molecule has 0 amide bonds. The van der Waals surface area contributed by atoms with Gasteiger partial charge in [-0.25, -0.2) is 4.98 Å². The number of nitrogens with one attached hydrogen (secondary N) is 1. The van der Waals surface area contributed by atoms with Gasteiger partial charge in [0.25, 0.3) is 0 Å². The van der Waals surface area contributed by atoms with Gasteiger partial charge in [-0.05, 0) is 32.6 Å². The molecule has 21 heavy (non-hydrogen) atoms. The highest BCUT2D eigenvalue weighted by Gasteiger charge is 2.44. The zero-order chi connectivity index (χ0) is 15.0. The standard InChI is InChI=1S/C17H29N3S/c1-12(2)15-9-20(10-16-19-13(3)14(4)21-16)17(11-18-15)7-5-6-8-17/h12,15,18H,5-11H2,1-4H3. The lowest BCUT2D eigenvalue weighted by molar-refractivity contribution is 0.0260. The fourth-order valence-electron chi connectivity index (χ4n) is 3.90. The van der Waals surface area contributed by atoms with Gasteiger partial charge in [-0.3, -0.25) is 4.90 Å². The van der Waals surface area contributed by atoms with Gasteiger partial charge in [-0.2, -0.15) is 0 Å². The second-order valence-electron chi connectivity index (χ2n) is 7.29. The van der Waals surface area contributed by atoms with Crippen molar-refractivity contribution in [3.63, 3.8) is 0 Å². The molecule has 4 heteroatoms. The molecule has 1 unspecified atom stereocenters. The molecule has 0 bridgehead atoms. The third-order valence-electron chi connectivity index (χ3n) is 5.52. The lowest BCUT2D eigenvalue weighted by Crippen LogP contribution is -2.64. The summed E-state index contributed by atoms with van der Waals surface area (Å²) in [6.45, 7) is 12.4. The fourth-order valence-corrected chi connectivity index (χ4v) is 4.85. The summed E-state index contributed by atoms with van der Waals surface area (Å²) in [6, 6.07) is 0.624. The van der Waals surface area contributed by atoms with Crippen molar-refractivity contribution in [2.45, 2.75) is 71.5 Å². The second-order valence-corrected chi connectivity index (χ2v) is 8.58. The molecule has 1 spiro atoms.